The molecule has 1 amide bonds. The number of amides is 1. The van der Waals surface area contributed by atoms with Crippen molar-refractivity contribution in [3.05, 3.63) is 41.5 Å². The van der Waals surface area contributed by atoms with Crippen LogP contribution in [-0.2, 0) is 23.4 Å². The lowest BCUT2D eigenvalue weighted by Gasteiger charge is -2.30. The average molecular weight is 452 g/mol. The van der Waals surface area contributed by atoms with Gasteiger partial charge in [0.1, 0.15) is 21.3 Å². The topological polar surface area (TPSA) is 99.9 Å². The number of anilines is 1. The highest BCUT2D eigenvalue weighted by molar-refractivity contribution is 7.90. The van der Waals surface area contributed by atoms with Gasteiger partial charge >= 0.3 is 0 Å². The quantitative estimate of drug-likeness (QED) is 0.642. The summed E-state index contributed by atoms with van der Waals surface area (Å²) in [7, 11) is -1.60. The van der Waals surface area contributed by atoms with Gasteiger partial charge in [0.15, 0.2) is 0 Å². The van der Waals surface area contributed by atoms with E-state index in [0.29, 0.717) is 34.9 Å². The Balaban J connectivity index is 1.61. The summed E-state index contributed by atoms with van der Waals surface area (Å²) in [5.41, 5.74) is 0.686. The van der Waals surface area contributed by atoms with Crippen molar-refractivity contribution in [3.63, 3.8) is 0 Å². The van der Waals surface area contributed by atoms with E-state index in [4.69, 9.17) is 4.78 Å². The molecule has 0 saturated heterocycles. The zero-order valence-corrected chi connectivity index (χ0v) is 18.2. The zero-order valence-electron chi connectivity index (χ0n) is 17.4. The van der Waals surface area contributed by atoms with E-state index in [9.17, 15) is 17.8 Å². The minimum absolute atomic E-state index is 0.0206. The Hall–Kier alpha value is -2.33. The molecule has 2 aromatic heterocycles. The summed E-state index contributed by atoms with van der Waals surface area (Å²) in [5.74, 6) is -0.0963. The van der Waals surface area contributed by atoms with Crippen molar-refractivity contribution in [3.8, 4) is 0 Å². The summed E-state index contributed by atoms with van der Waals surface area (Å²) in [4.78, 5) is 17.0. The normalized spacial score (nSPS) is 24.6. The van der Waals surface area contributed by atoms with Crippen LogP contribution < -0.4 is 10.0 Å². The van der Waals surface area contributed by atoms with Crippen LogP contribution in [0.4, 0.5) is 14.5 Å². The Morgan fingerprint density at radius 1 is 1.32 bits per heavy atom. The highest BCUT2D eigenvalue weighted by Crippen LogP contribution is 2.34. The Morgan fingerprint density at radius 3 is 2.77 bits per heavy atom. The van der Waals surface area contributed by atoms with Gasteiger partial charge in [-0.05, 0) is 43.7 Å². The molecule has 3 heterocycles. The third-order valence-electron chi connectivity index (χ3n) is 6.28. The van der Waals surface area contributed by atoms with Crippen LogP contribution in [0, 0.1) is 10.7 Å². The fourth-order valence-electron chi connectivity index (χ4n) is 4.77. The minimum Gasteiger partial charge on any atom is -0.345 e. The number of alkyl halides is 2. The highest BCUT2D eigenvalue weighted by atomic mass is 32.2. The van der Waals surface area contributed by atoms with Gasteiger partial charge in [0, 0.05) is 36.7 Å². The maximum Gasteiger partial charge on any atom is 0.280 e. The van der Waals surface area contributed by atoms with Gasteiger partial charge in [0.05, 0.1) is 4.90 Å². The van der Waals surface area contributed by atoms with Crippen molar-refractivity contribution >= 4 is 21.5 Å². The number of rotatable bonds is 4. The Bertz CT molecular complexity index is 1080. The first-order valence-electron chi connectivity index (χ1n) is 10.6. The predicted octanol–water partition coefficient (Wildman–Crippen LogP) is 4.42. The minimum atomic E-state index is -3.26. The van der Waals surface area contributed by atoms with Crippen molar-refractivity contribution in [2.75, 3.05) is 5.32 Å². The molecule has 0 bridgehead atoms. The lowest BCUT2D eigenvalue weighted by atomic mass is 9.82. The van der Waals surface area contributed by atoms with Gasteiger partial charge in [-0.1, -0.05) is 19.3 Å². The van der Waals surface area contributed by atoms with E-state index in [0.717, 1.165) is 31.7 Å². The van der Waals surface area contributed by atoms with Crippen LogP contribution in [0.25, 0.3) is 0 Å². The number of nitrogens with one attached hydrogen (secondary N) is 3. The van der Waals surface area contributed by atoms with E-state index in [1.54, 1.807) is 17.8 Å². The molecule has 1 aliphatic carbocycles. The number of fused-ring (bicyclic) bond motifs is 1. The summed E-state index contributed by atoms with van der Waals surface area (Å²) in [6, 6.07) is 2.56. The largest absolute Gasteiger partial charge is 0.345 e. The molecule has 10 heteroatoms. The zero-order chi connectivity index (χ0) is 22.2. The molecule has 2 atom stereocenters. The van der Waals surface area contributed by atoms with Gasteiger partial charge in [0.25, 0.3) is 12.3 Å². The van der Waals surface area contributed by atoms with E-state index in [1.165, 1.54) is 18.7 Å². The second-order valence-electron chi connectivity index (χ2n) is 8.37. The first-order valence-corrected chi connectivity index (χ1v) is 12.1. The van der Waals surface area contributed by atoms with Crippen LogP contribution >= 0.6 is 0 Å². The second-order valence-corrected chi connectivity index (χ2v) is 10.2. The van der Waals surface area contributed by atoms with Crippen molar-refractivity contribution < 1.29 is 17.8 Å². The third kappa shape index (κ3) is 4.50. The van der Waals surface area contributed by atoms with Crippen LogP contribution in [0.15, 0.2) is 29.4 Å². The second kappa shape index (κ2) is 8.66. The Labute approximate surface area is 180 Å². The fraction of sp³-hybridized carbons (Fsp3) is 0.524. The van der Waals surface area contributed by atoms with E-state index >= 15 is 0 Å². The molecule has 7 nitrogen and oxygen atoms in total. The fourth-order valence-corrected chi connectivity index (χ4v) is 6.49. The van der Waals surface area contributed by atoms with E-state index in [-0.39, 0.29) is 11.7 Å². The summed E-state index contributed by atoms with van der Waals surface area (Å²) >= 11 is 0. The summed E-state index contributed by atoms with van der Waals surface area (Å²) in [6.07, 6.45) is 6.92. The van der Waals surface area contributed by atoms with E-state index in [2.05, 4.69) is 15.0 Å². The monoisotopic (exact) mass is 451 g/mol. The van der Waals surface area contributed by atoms with E-state index in [1.807, 2.05) is 0 Å². The lowest BCUT2D eigenvalue weighted by molar-refractivity contribution is 0.101. The third-order valence-corrected chi connectivity index (χ3v) is 7.88. The Morgan fingerprint density at radius 2 is 2.06 bits per heavy atom. The average Bonchev–Trinajstić information content (AvgIpc) is 3.02. The molecular weight excluding hydrogens is 424 g/mol. The number of nitrogens with zero attached hydrogens (tertiary/aromatic N) is 2. The number of pyridine rings is 1. The Kier molecular flexibility index (Phi) is 6.11. The van der Waals surface area contributed by atoms with Crippen LogP contribution in [0.2, 0.25) is 0 Å². The molecule has 2 aliphatic rings. The van der Waals surface area contributed by atoms with Gasteiger partial charge in [0.2, 0.25) is 0 Å². The number of carbonyl (C=O) groups excluding carboxylic acids is 1. The summed E-state index contributed by atoms with van der Waals surface area (Å²) < 4.78 is 52.3. The molecule has 0 aromatic carbocycles. The molecule has 1 saturated carbocycles. The molecule has 2 unspecified atom stereocenters. The van der Waals surface area contributed by atoms with Gasteiger partial charge in [-0.25, -0.2) is 22.5 Å². The molecule has 0 spiro atoms. The molecular formula is C21H27F2N5O2S. The first-order chi connectivity index (χ1) is 14.8. The van der Waals surface area contributed by atoms with E-state index < -0.39 is 27.9 Å². The number of hydrogen-bond acceptors (Lipinski definition) is 4. The molecule has 4 rings (SSSR count). The standard InChI is InChI=1S/C21H27F2N5O2S/c1-28-12-18-15(7-8-16(27-31(18,24)30)13-5-3-2-4-6-13)19(28)21(29)26-14-9-10-25-17(11-14)20(22)23/h9-13,16,20H,2-8H2,1H3,(H2,24,27,30)(H,25,26,29). The summed E-state index contributed by atoms with van der Waals surface area (Å²) in [6.45, 7) is 0. The molecule has 31 heavy (non-hydrogen) atoms. The van der Waals surface area contributed by atoms with Crippen LogP contribution in [-0.4, -0.2) is 25.7 Å². The van der Waals surface area contributed by atoms with Crippen molar-refractivity contribution in [1.82, 2.24) is 14.3 Å². The maximum atomic E-state index is 13.3. The number of aryl methyl sites for hydroxylation is 1. The van der Waals surface area contributed by atoms with Gasteiger partial charge in [-0.2, -0.15) is 0 Å². The maximum absolute atomic E-state index is 13.3. The number of halogens is 2. The SMILES string of the molecule is Cn1cc2c(c1C(=O)Nc1ccnc(C(F)F)c1)CCC(C1CCCCC1)NS2(=N)=O. The van der Waals surface area contributed by atoms with Gasteiger partial charge < -0.3 is 9.88 Å². The molecule has 1 aliphatic heterocycles. The molecule has 2 aromatic rings. The molecule has 168 valence electrons. The van der Waals surface area contributed by atoms with Crippen molar-refractivity contribution in [1.29, 1.82) is 4.78 Å². The number of hydrogen-bond donors (Lipinski definition) is 3. The van der Waals surface area contributed by atoms with Gasteiger partial charge in [-0.15, -0.1) is 0 Å². The highest BCUT2D eigenvalue weighted by Gasteiger charge is 2.34. The lowest BCUT2D eigenvalue weighted by Crippen LogP contribution is -2.39. The number of aromatic nitrogens is 2. The predicted molar refractivity (Wildman–Crippen MR) is 114 cm³/mol. The molecule has 3 N–H and O–H groups in total. The number of carbonyl (C=O) groups is 1. The van der Waals surface area contributed by atoms with Gasteiger partial charge in [-0.3, -0.25) is 9.78 Å². The van der Waals surface area contributed by atoms with Crippen LogP contribution in [0.5, 0.6) is 0 Å². The molecule has 1 fully saturated rings. The van der Waals surface area contributed by atoms with Crippen LogP contribution in [0.1, 0.15) is 66.7 Å². The molecule has 0 radical (unpaired) electrons. The van der Waals surface area contributed by atoms with Crippen molar-refractivity contribution in [2.24, 2.45) is 13.0 Å². The summed E-state index contributed by atoms with van der Waals surface area (Å²) in [5, 5.41) is 2.65. The van der Waals surface area contributed by atoms with Crippen LogP contribution in [0.3, 0.4) is 0 Å². The smallest absolute Gasteiger partial charge is 0.280 e. The first kappa shape index (κ1) is 21.9. The van der Waals surface area contributed by atoms with Crippen molar-refractivity contribution in [2.45, 2.75) is 62.3 Å².